The van der Waals surface area contributed by atoms with Crippen molar-refractivity contribution in [3.63, 3.8) is 0 Å². The zero-order valence-electron chi connectivity index (χ0n) is 15.6. The first-order chi connectivity index (χ1) is 12.0. The number of hydrogen-bond acceptors (Lipinski definition) is 2. The summed E-state index contributed by atoms with van der Waals surface area (Å²) in [7, 11) is 1.83. The molecule has 0 amide bonds. The van der Waals surface area contributed by atoms with Crippen LogP contribution >= 0.6 is 0 Å². The molecule has 3 unspecified atom stereocenters. The lowest BCUT2D eigenvalue weighted by Gasteiger charge is -2.22. The fraction of sp³-hybridized carbons (Fsp3) is 0.550. The number of ether oxygens (including phenoxy) is 1. The average Bonchev–Trinajstić information content (AvgIpc) is 3.28. The third kappa shape index (κ3) is 3.01. The van der Waals surface area contributed by atoms with Crippen LogP contribution in [-0.4, -0.2) is 36.2 Å². The molecule has 0 spiro atoms. The number of aryl methyl sites for hydroxylation is 3. The molecular weight excluding hydrogens is 312 g/mol. The molecule has 3 heterocycles. The fourth-order valence-electron chi connectivity index (χ4n) is 4.27. The van der Waals surface area contributed by atoms with Gasteiger partial charge in [0.2, 0.25) is 0 Å². The number of guanidine groups is 1. The number of hydrogen-bond donors (Lipinski definition) is 3. The Morgan fingerprint density at radius 3 is 2.80 bits per heavy atom. The Labute approximate surface area is 149 Å². The number of rotatable bonds is 3. The van der Waals surface area contributed by atoms with Crippen LogP contribution in [0.2, 0.25) is 0 Å². The van der Waals surface area contributed by atoms with Crippen LogP contribution in [0, 0.1) is 20.8 Å². The molecule has 25 heavy (non-hydrogen) atoms. The lowest BCUT2D eigenvalue weighted by molar-refractivity contribution is 0.0992. The third-order valence-corrected chi connectivity index (χ3v) is 5.74. The van der Waals surface area contributed by atoms with Crippen LogP contribution < -0.4 is 10.6 Å². The van der Waals surface area contributed by atoms with Crippen LogP contribution in [0.25, 0.3) is 10.9 Å². The normalized spacial score (nSPS) is 25.8. The third-order valence-electron chi connectivity index (χ3n) is 5.74. The second kappa shape index (κ2) is 6.37. The van der Waals surface area contributed by atoms with Crippen molar-refractivity contribution in [2.75, 3.05) is 7.05 Å². The molecule has 2 saturated heterocycles. The van der Waals surface area contributed by atoms with E-state index < -0.39 is 0 Å². The summed E-state index contributed by atoms with van der Waals surface area (Å²) < 4.78 is 5.93. The van der Waals surface area contributed by atoms with Crippen molar-refractivity contribution in [1.29, 1.82) is 0 Å². The van der Waals surface area contributed by atoms with Crippen LogP contribution in [0.5, 0.6) is 0 Å². The molecule has 3 N–H and O–H groups in total. The first-order valence-corrected chi connectivity index (χ1v) is 9.26. The van der Waals surface area contributed by atoms with E-state index in [2.05, 4.69) is 53.5 Å². The molecule has 5 heteroatoms. The van der Waals surface area contributed by atoms with Gasteiger partial charge in [0.1, 0.15) is 0 Å². The summed E-state index contributed by atoms with van der Waals surface area (Å²) in [5, 5.41) is 8.35. The summed E-state index contributed by atoms with van der Waals surface area (Å²) in [6.45, 7) is 7.22. The monoisotopic (exact) mass is 340 g/mol. The molecule has 1 aromatic carbocycles. The van der Waals surface area contributed by atoms with Crippen molar-refractivity contribution in [1.82, 2.24) is 15.6 Å². The van der Waals surface area contributed by atoms with E-state index in [4.69, 9.17) is 4.74 Å². The Morgan fingerprint density at radius 2 is 2.12 bits per heavy atom. The number of aromatic nitrogens is 1. The van der Waals surface area contributed by atoms with Gasteiger partial charge in [0, 0.05) is 24.7 Å². The smallest absolute Gasteiger partial charge is 0.191 e. The van der Waals surface area contributed by atoms with Gasteiger partial charge in [-0.25, -0.2) is 0 Å². The highest BCUT2D eigenvalue weighted by Gasteiger charge is 2.41. The van der Waals surface area contributed by atoms with E-state index in [9.17, 15) is 0 Å². The lowest BCUT2D eigenvalue weighted by Crippen LogP contribution is -2.47. The Morgan fingerprint density at radius 1 is 1.28 bits per heavy atom. The quantitative estimate of drug-likeness (QED) is 0.594. The molecule has 0 aliphatic carbocycles. The summed E-state index contributed by atoms with van der Waals surface area (Å²) in [5.74, 6) is 0.857. The number of benzene rings is 1. The molecule has 0 saturated carbocycles. The first-order valence-electron chi connectivity index (χ1n) is 9.26. The molecular formula is C20H28N4O. The number of nitrogens with zero attached hydrogens (tertiary/aromatic N) is 1. The molecule has 2 aliphatic heterocycles. The molecule has 2 aliphatic rings. The van der Waals surface area contributed by atoms with E-state index >= 15 is 0 Å². The van der Waals surface area contributed by atoms with Gasteiger partial charge < -0.3 is 20.4 Å². The SMILES string of the molecule is CN=C(NCc1cc(C)cc2c(C)c(C)[nH]c12)NC1CC2CCC1O2. The van der Waals surface area contributed by atoms with Crippen molar-refractivity contribution >= 4 is 16.9 Å². The Balaban J connectivity index is 1.48. The highest BCUT2D eigenvalue weighted by Crippen LogP contribution is 2.34. The van der Waals surface area contributed by atoms with Gasteiger partial charge in [-0.15, -0.1) is 0 Å². The maximum Gasteiger partial charge on any atom is 0.191 e. The van der Waals surface area contributed by atoms with Gasteiger partial charge in [0.25, 0.3) is 0 Å². The standard InChI is InChI=1S/C20H28N4O/c1-11-7-14(19-16(8-11)12(2)13(3)23-19)10-22-20(21-4)24-17-9-15-5-6-18(17)25-15/h7-8,15,17-18,23H,5-6,9-10H2,1-4H3,(H2,21,22,24). The average molecular weight is 340 g/mol. The number of aromatic amines is 1. The predicted octanol–water partition coefficient (Wildman–Crippen LogP) is 3.08. The Kier molecular flexibility index (Phi) is 4.20. The highest BCUT2D eigenvalue weighted by atomic mass is 16.5. The van der Waals surface area contributed by atoms with E-state index in [1.54, 1.807) is 0 Å². The van der Waals surface area contributed by atoms with Gasteiger partial charge in [-0.05, 0) is 57.2 Å². The second-order valence-electron chi connectivity index (χ2n) is 7.51. The summed E-state index contributed by atoms with van der Waals surface area (Å²) in [5.41, 5.74) is 6.37. The van der Waals surface area contributed by atoms with Crippen molar-refractivity contribution < 1.29 is 4.74 Å². The number of fused-ring (bicyclic) bond motifs is 3. The van der Waals surface area contributed by atoms with Crippen LogP contribution in [0.4, 0.5) is 0 Å². The van der Waals surface area contributed by atoms with Crippen LogP contribution in [0.15, 0.2) is 17.1 Å². The summed E-state index contributed by atoms with van der Waals surface area (Å²) >= 11 is 0. The van der Waals surface area contributed by atoms with Gasteiger partial charge in [-0.1, -0.05) is 11.6 Å². The molecule has 5 nitrogen and oxygen atoms in total. The van der Waals surface area contributed by atoms with Gasteiger partial charge in [0.15, 0.2) is 5.96 Å². The molecule has 2 bridgehead atoms. The molecule has 3 atom stereocenters. The molecule has 4 rings (SSSR count). The molecule has 134 valence electrons. The summed E-state index contributed by atoms with van der Waals surface area (Å²) in [6.07, 6.45) is 4.26. The second-order valence-corrected chi connectivity index (χ2v) is 7.51. The van der Waals surface area contributed by atoms with Crippen molar-refractivity contribution in [2.45, 2.75) is 64.8 Å². The summed E-state index contributed by atoms with van der Waals surface area (Å²) in [6, 6.07) is 4.90. The van der Waals surface area contributed by atoms with E-state index in [0.717, 1.165) is 18.9 Å². The van der Waals surface area contributed by atoms with E-state index in [-0.39, 0.29) is 0 Å². The zero-order valence-corrected chi connectivity index (χ0v) is 15.6. The highest BCUT2D eigenvalue weighted by molar-refractivity contribution is 5.88. The summed E-state index contributed by atoms with van der Waals surface area (Å²) in [4.78, 5) is 7.94. The zero-order chi connectivity index (χ0) is 17.6. The minimum absolute atomic E-state index is 0.350. The maximum absolute atomic E-state index is 5.93. The van der Waals surface area contributed by atoms with E-state index in [1.165, 1.54) is 46.1 Å². The number of aliphatic imine (C=N–C) groups is 1. The fourth-order valence-corrected chi connectivity index (χ4v) is 4.27. The van der Waals surface area contributed by atoms with Crippen LogP contribution in [-0.2, 0) is 11.3 Å². The molecule has 2 fully saturated rings. The van der Waals surface area contributed by atoms with Crippen LogP contribution in [0.3, 0.4) is 0 Å². The van der Waals surface area contributed by atoms with Gasteiger partial charge >= 0.3 is 0 Å². The maximum atomic E-state index is 5.93. The predicted molar refractivity (Wildman–Crippen MR) is 102 cm³/mol. The van der Waals surface area contributed by atoms with Crippen molar-refractivity contribution in [3.05, 3.63) is 34.5 Å². The first kappa shape index (κ1) is 16.5. The van der Waals surface area contributed by atoms with E-state index in [0.29, 0.717) is 18.2 Å². The van der Waals surface area contributed by atoms with Crippen molar-refractivity contribution in [3.8, 4) is 0 Å². The van der Waals surface area contributed by atoms with Gasteiger partial charge in [-0.3, -0.25) is 4.99 Å². The molecule has 1 aromatic heterocycles. The van der Waals surface area contributed by atoms with Gasteiger partial charge in [0.05, 0.1) is 23.8 Å². The van der Waals surface area contributed by atoms with Crippen molar-refractivity contribution in [2.24, 2.45) is 4.99 Å². The minimum atomic E-state index is 0.350. The lowest BCUT2D eigenvalue weighted by atomic mass is 9.96. The number of H-pyrrole nitrogens is 1. The molecule has 0 radical (unpaired) electrons. The van der Waals surface area contributed by atoms with Gasteiger partial charge in [-0.2, -0.15) is 0 Å². The molecule has 2 aromatic rings. The minimum Gasteiger partial charge on any atom is -0.373 e. The Hall–Kier alpha value is -2.01. The number of nitrogens with one attached hydrogen (secondary N) is 3. The Bertz CT molecular complexity index is 823. The largest absolute Gasteiger partial charge is 0.373 e. The van der Waals surface area contributed by atoms with Crippen LogP contribution in [0.1, 0.15) is 41.6 Å². The van der Waals surface area contributed by atoms with E-state index in [1.807, 2.05) is 7.05 Å². The topological polar surface area (TPSA) is 61.4 Å².